The van der Waals surface area contributed by atoms with Gasteiger partial charge in [-0.05, 0) is 85.1 Å². The SMILES string of the molecule is CC1(C)OB(C(=Cc2ccc3c(c2)CCC(=O)N3)CNC(=O)OCC2c3ccccc3-c3ccccc32)OC1(C)C. The maximum atomic E-state index is 13.0. The predicted molar refractivity (Wildman–Crippen MR) is 161 cm³/mol. The Kier molecular flexibility index (Phi) is 7.00. The minimum atomic E-state index is -0.635. The minimum Gasteiger partial charge on any atom is -0.449 e. The summed E-state index contributed by atoms with van der Waals surface area (Å²) in [7, 11) is -0.635. The highest BCUT2D eigenvalue weighted by molar-refractivity contribution is 6.56. The summed E-state index contributed by atoms with van der Waals surface area (Å²) in [5.74, 6) is 0.0215. The molecular formula is C33H35BN2O5. The lowest BCUT2D eigenvalue weighted by molar-refractivity contribution is -0.116. The number of anilines is 1. The molecule has 0 bridgehead atoms. The van der Waals surface area contributed by atoms with Gasteiger partial charge in [-0.1, -0.05) is 60.7 Å². The number of alkyl carbamates (subject to hydrolysis) is 1. The third-order valence-electron chi connectivity index (χ3n) is 8.71. The molecule has 3 aliphatic rings. The fourth-order valence-electron chi connectivity index (χ4n) is 5.73. The summed E-state index contributed by atoms with van der Waals surface area (Å²) in [5, 5.41) is 5.85. The first-order valence-electron chi connectivity index (χ1n) is 14.2. The zero-order chi connectivity index (χ0) is 28.8. The molecule has 8 heteroatoms. The Hall–Kier alpha value is -3.88. The van der Waals surface area contributed by atoms with Crippen LogP contribution in [0, 0.1) is 0 Å². The molecule has 2 amide bonds. The summed E-state index contributed by atoms with van der Waals surface area (Å²) >= 11 is 0. The highest BCUT2D eigenvalue weighted by atomic mass is 16.7. The van der Waals surface area contributed by atoms with Crippen molar-refractivity contribution in [1.82, 2.24) is 5.32 Å². The Bertz CT molecular complexity index is 1480. The highest BCUT2D eigenvalue weighted by Gasteiger charge is 2.52. The maximum Gasteiger partial charge on any atom is 0.492 e. The molecule has 210 valence electrons. The molecule has 2 aliphatic heterocycles. The van der Waals surface area contributed by atoms with Gasteiger partial charge in [0.05, 0.1) is 11.2 Å². The van der Waals surface area contributed by atoms with E-state index in [0.717, 1.165) is 22.3 Å². The molecule has 0 atom stereocenters. The number of benzene rings is 3. The van der Waals surface area contributed by atoms with Gasteiger partial charge >= 0.3 is 13.2 Å². The molecule has 3 aromatic carbocycles. The quantitative estimate of drug-likeness (QED) is 0.361. The molecule has 0 saturated carbocycles. The van der Waals surface area contributed by atoms with Gasteiger partial charge < -0.3 is 24.7 Å². The van der Waals surface area contributed by atoms with E-state index in [2.05, 4.69) is 41.0 Å². The summed E-state index contributed by atoms with van der Waals surface area (Å²) in [4.78, 5) is 24.8. The third-order valence-corrected chi connectivity index (χ3v) is 8.71. The summed E-state index contributed by atoms with van der Waals surface area (Å²) in [6, 6.07) is 22.5. The molecule has 1 saturated heterocycles. The van der Waals surface area contributed by atoms with E-state index < -0.39 is 24.4 Å². The number of ether oxygens (including phenoxy) is 1. The fraction of sp³-hybridized carbons (Fsp3) is 0.333. The topological polar surface area (TPSA) is 85.9 Å². The molecule has 0 radical (unpaired) electrons. The summed E-state index contributed by atoms with van der Waals surface area (Å²) < 4.78 is 18.4. The van der Waals surface area contributed by atoms with Crippen LogP contribution in [0.25, 0.3) is 17.2 Å². The normalized spacial score (nSPS) is 18.8. The van der Waals surface area contributed by atoms with Crippen LogP contribution in [0.1, 0.15) is 62.3 Å². The van der Waals surface area contributed by atoms with Crippen molar-refractivity contribution in [3.8, 4) is 11.1 Å². The van der Waals surface area contributed by atoms with Crippen LogP contribution in [0.15, 0.2) is 72.2 Å². The van der Waals surface area contributed by atoms with Gasteiger partial charge in [0.1, 0.15) is 6.61 Å². The van der Waals surface area contributed by atoms with E-state index in [0.29, 0.717) is 12.8 Å². The number of aryl methyl sites for hydroxylation is 1. The number of hydrogen-bond donors (Lipinski definition) is 2. The second kappa shape index (κ2) is 10.5. The van der Waals surface area contributed by atoms with E-state index in [9.17, 15) is 9.59 Å². The van der Waals surface area contributed by atoms with Gasteiger partial charge in [0.15, 0.2) is 0 Å². The van der Waals surface area contributed by atoms with Crippen molar-refractivity contribution in [2.45, 2.75) is 57.7 Å². The van der Waals surface area contributed by atoms with Gasteiger partial charge in [-0.15, -0.1) is 0 Å². The maximum absolute atomic E-state index is 13.0. The second-order valence-electron chi connectivity index (χ2n) is 12.0. The molecule has 2 heterocycles. The van der Waals surface area contributed by atoms with Crippen LogP contribution in [0.3, 0.4) is 0 Å². The Labute approximate surface area is 241 Å². The first-order valence-corrected chi connectivity index (χ1v) is 14.2. The highest BCUT2D eigenvalue weighted by Crippen LogP contribution is 2.44. The Balaban J connectivity index is 1.18. The molecule has 41 heavy (non-hydrogen) atoms. The molecule has 6 rings (SSSR count). The van der Waals surface area contributed by atoms with Crippen molar-refractivity contribution in [3.05, 3.63) is 94.5 Å². The zero-order valence-electron chi connectivity index (χ0n) is 24.0. The average Bonchev–Trinajstić information content (AvgIpc) is 3.38. The van der Waals surface area contributed by atoms with E-state index in [1.54, 1.807) is 0 Å². The van der Waals surface area contributed by atoms with Crippen LogP contribution in [-0.2, 0) is 25.3 Å². The summed E-state index contributed by atoms with van der Waals surface area (Å²) in [5.41, 5.74) is 7.30. The van der Waals surface area contributed by atoms with Gasteiger partial charge in [0.25, 0.3) is 0 Å². The van der Waals surface area contributed by atoms with Gasteiger partial charge in [0, 0.05) is 24.6 Å². The van der Waals surface area contributed by atoms with E-state index >= 15 is 0 Å². The largest absolute Gasteiger partial charge is 0.492 e. The number of fused-ring (bicyclic) bond motifs is 4. The molecule has 0 unspecified atom stereocenters. The van der Waals surface area contributed by atoms with E-state index in [1.807, 2.05) is 70.2 Å². The Morgan fingerprint density at radius 3 is 2.27 bits per heavy atom. The molecule has 2 N–H and O–H groups in total. The second-order valence-corrected chi connectivity index (χ2v) is 12.0. The summed E-state index contributed by atoms with van der Waals surface area (Å²) in [6.45, 7) is 8.46. The van der Waals surface area contributed by atoms with Gasteiger partial charge in [0.2, 0.25) is 5.91 Å². The van der Waals surface area contributed by atoms with E-state index in [-0.39, 0.29) is 25.0 Å². The number of carbonyl (C=O) groups excluding carboxylic acids is 2. The lowest BCUT2D eigenvalue weighted by Crippen LogP contribution is -2.41. The van der Waals surface area contributed by atoms with Crippen molar-refractivity contribution in [1.29, 1.82) is 0 Å². The smallest absolute Gasteiger partial charge is 0.449 e. The third kappa shape index (κ3) is 5.30. The number of amides is 2. The first kappa shape index (κ1) is 27.3. The van der Waals surface area contributed by atoms with Gasteiger partial charge in [-0.2, -0.15) is 0 Å². The fourth-order valence-corrected chi connectivity index (χ4v) is 5.73. The Morgan fingerprint density at radius 1 is 0.976 bits per heavy atom. The Morgan fingerprint density at radius 2 is 1.61 bits per heavy atom. The van der Waals surface area contributed by atoms with Crippen LogP contribution < -0.4 is 10.6 Å². The predicted octanol–water partition coefficient (Wildman–Crippen LogP) is 6.12. The van der Waals surface area contributed by atoms with Crippen molar-refractivity contribution < 1.29 is 23.6 Å². The van der Waals surface area contributed by atoms with Crippen molar-refractivity contribution in [2.75, 3.05) is 18.5 Å². The lowest BCUT2D eigenvalue weighted by Gasteiger charge is -2.32. The number of carbonyl (C=O) groups is 2. The zero-order valence-corrected chi connectivity index (χ0v) is 24.0. The average molecular weight is 550 g/mol. The number of nitrogens with one attached hydrogen (secondary N) is 2. The lowest BCUT2D eigenvalue weighted by atomic mass is 9.77. The van der Waals surface area contributed by atoms with E-state index in [4.69, 9.17) is 14.0 Å². The van der Waals surface area contributed by atoms with Crippen LogP contribution in [-0.4, -0.2) is 43.5 Å². The molecule has 7 nitrogen and oxygen atoms in total. The number of hydrogen-bond acceptors (Lipinski definition) is 5. The van der Waals surface area contributed by atoms with Gasteiger partial charge in [-0.25, -0.2) is 4.79 Å². The number of rotatable bonds is 6. The minimum absolute atomic E-state index is 0.0118. The van der Waals surface area contributed by atoms with Crippen molar-refractivity contribution in [3.63, 3.8) is 0 Å². The van der Waals surface area contributed by atoms with Crippen LogP contribution in [0.4, 0.5) is 10.5 Å². The summed E-state index contributed by atoms with van der Waals surface area (Å²) in [6.07, 6.45) is 2.64. The molecule has 1 fully saturated rings. The molecule has 0 spiro atoms. The van der Waals surface area contributed by atoms with Crippen molar-refractivity contribution in [2.24, 2.45) is 0 Å². The van der Waals surface area contributed by atoms with Crippen molar-refractivity contribution >= 4 is 30.9 Å². The molecule has 3 aromatic rings. The van der Waals surface area contributed by atoms with Gasteiger partial charge in [-0.3, -0.25) is 4.79 Å². The molecule has 0 aromatic heterocycles. The van der Waals surface area contributed by atoms with Crippen LogP contribution in [0.2, 0.25) is 0 Å². The molecule has 1 aliphatic carbocycles. The standard InChI is InChI=1S/C33H35BN2O5/c1-32(2)33(3,4)41-34(40-32)23(18-21-13-15-29-22(17-21)14-16-30(37)36-29)19-35-31(38)39-20-28-26-11-7-5-9-24(26)25-10-6-8-12-27(25)28/h5-13,15,17-18,28H,14,16,19-20H2,1-4H3,(H,35,38)(H,36,37). The monoisotopic (exact) mass is 550 g/mol. The van der Waals surface area contributed by atoms with Crippen LogP contribution in [0.5, 0.6) is 0 Å². The first-order chi connectivity index (χ1) is 19.6. The van der Waals surface area contributed by atoms with Crippen LogP contribution >= 0.6 is 0 Å². The molecular weight excluding hydrogens is 515 g/mol. The van der Waals surface area contributed by atoms with E-state index in [1.165, 1.54) is 22.3 Å².